The fourth-order valence-electron chi connectivity index (χ4n) is 2.40. The zero-order valence-corrected chi connectivity index (χ0v) is 13.3. The third kappa shape index (κ3) is 4.09. The molecule has 1 amide bonds. The Kier molecular flexibility index (Phi) is 4.85. The predicted octanol–water partition coefficient (Wildman–Crippen LogP) is 3.02. The van der Waals surface area contributed by atoms with Crippen LogP contribution in [0.1, 0.15) is 17.4 Å². The Bertz CT molecular complexity index is 936. The molecule has 0 fully saturated rings. The highest BCUT2D eigenvalue weighted by atomic mass is 16.5. The van der Waals surface area contributed by atoms with Crippen LogP contribution in [0.3, 0.4) is 0 Å². The van der Waals surface area contributed by atoms with Crippen LogP contribution in [0.5, 0.6) is 0 Å². The zero-order valence-electron chi connectivity index (χ0n) is 13.3. The number of fused-ring (bicyclic) bond motifs is 1. The standard InChI is InChI=1S/C20H16N2O3/c21-20(24)19(15-7-2-1-3-8-15)25-18(23)13-12-16-11-10-14-6-4-5-9-17(14)22-16/h1-13,19H,(H2,21,24)/b13-12-/t19-/m1/s1. The Labute approximate surface area is 144 Å². The van der Waals surface area contributed by atoms with Gasteiger partial charge in [-0.2, -0.15) is 0 Å². The number of hydrogen-bond acceptors (Lipinski definition) is 4. The van der Waals surface area contributed by atoms with Crippen molar-refractivity contribution < 1.29 is 14.3 Å². The topological polar surface area (TPSA) is 82.3 Å². The van der Waals surface area contributed by atoms with Crippen LogP contribution in [0.4, 0.5) is 0 Å². The number of pyridine rings is 1. The van der Waals surface area contributed by atoms with Crippen molar-refractivity contribution in [1.29, 1.82) is 0 Å². The summed E-state index contributed by atoms with van der Waals surface area (Å²) in [6.07, 6.45) is 1.65. The first-order valence-corrected chi connectivity index (χ1v) is 7.72. The number of nitrogens with two attached hydrogens (primary N) is 1. The van der Waals surface area contributed by atoms with Gasteiger partial charge >= 0.3 is 5.97 Å². The Morgan fingerprint density at radius 3 is 2.44 bits per heavy atom. The van der Waals surface area contributed by atoms with Crippen molar-refractivity contribution in [3.05, 3.63) is 84.1 Å². The number of hydrogen-bond donors (Lipinski definition) is 1. The monoisotopic (exact) mass is 332 g/mol. The van der Waals surface area contributed by atoms with Gasteiger partial charge in [-0.15, -0.1) is 0 Å². The molecule has 5 nitrogen and oxygen atoms in total. The van der Waals surface area contributed by atoms with E-state index in [1.54, 1.807) is 36.4 Å². The van der Waals surface area contributed by atoms with Gasteiger partial charge in [-0.3, -0.25) is 4.79 Å². The van der Waals surface area contributed by atoms with Crippen molar-refractivity contribution >= 4 is 28.9 Å². The van der Waals surface area contributed by atoms with Gasteiger partial charge in [0.1, 0.15) is 0 Å². The summed E-state index contributed by atoms with van der Waals surface area (Å²) in [5, 5.41) is 1.01. The minimum Gasteiger partial charge on any atom is -0.444 e. The molecule has 0 saturated heterocycles. The minimum atomic E-state index is -1.12. The van der Waals surface area contributed by atoms with Gasteiger partial charge in [0, 0.05) is 17.0 Å². The van der Waals surface area contributed by atoms with Crippen molar-refractivity contribution in [3.8, 4) is 0 Å². The highest BCUT2D eigenvalue weighted by Crippen LogP contribution is 2.17. The summed E-state index contributed by atoms with van der Waals surface area (Å²) in [5.74, 6) is -1.39. The SMILES string of the molecule is NC(=O)[C@H](OC(=O)/C=C\c1ccc2ccccc2n1)c1ccccc1. The predicted molar refractivity (Wildman–Crippen MR) is 95.2 cm³/mol. The van der Waals surface area contributed by atoms with Crippen LogP contribution in [0.25, 0.3) is 17.0 Å². The van der Waals surface area contributed by atoms with Gasteiger partial charge in [0.2, 0.25) is 6.10 Å². The molecule has 5 heteroatoms. The van der Waals surface area contributed by atoms with E-state index < -0.39 is 18.0 Å². The molecule has 124 valence electrons. The molecule has 25 heavy (non-hydrogen) atoms. The summed E-state index contributed by atoms with van der Waals surface area (Å²) in [4.78, 5) is 28.0. The van der Waals surface area contributed by atoms with Crippen LogP contribution in [-0.4, -0.2) is 16.9 Å². The highest BCUT2D eigenvalue weighted by Gasteiger charge is 2.21. The molecule has 0 radical (unpaired) electrons. The lowest BCUT2D eigenvalue weighted by molar-refractivity contribution is -0.150. The number of ether oxygens (including phenoxy) is 1. The van der Waals surface area contributed by atoms with Crippen LogP contribution in [0, 0.1) is 0 Å². The number of amides is 1. The molecule has 3 aromatic rings. The number of rotatable bonds is 5. The lowest BCUT2D eigenvalue weighted by Gasteiger charge is -2.13. The zero-order chi connectivity index (χ0) is 17.6. The molecule has 3 rings (SSSR count). The summed E-state index contributed by atoms with van der Waals surface area (Å²) in [6, 6.07) is 20.0. The second-order valence-corrected chi connectivity index (χ2v) is 5.39. The molecule has 2 aromatic carbocycles. The normalized spacial score (nSPS) is 12.2. The fourth-order valence-corrected chi connectivity index (χ4v) is 2.40. The Balaban J connectivity index is 1.73. The van der Waals surface area contributed by atoms with E-state index in [1.807, 2.05) is 30.3 Å². The maximum absolute atomic E-state index is 12.0. The number of esters is 1. The summed E-state index contributed by atoms with van der Waals surface area (Å²) < 4.78 is 5.18. The van der Waals surface area contributed by atoms with Crippen LogP contribution >= 0.6 is 0 Å². The van der Waals surface area contributed by atoms with E-state index in [4.69, 9.17) is 10.5 Å². The van der Waals surface area contributed by atoms with Gasteiger partial charge in [-0.05, 0) is 18.2 Å². The first-order valence-electron chi connectivity index (χ1n) is 7.72. The molecule has 1 aromatic heterocycles. The number of primary amides is 1. The fraction of sp³-hybridized carbons (Fsp3) is 0.0500. The van der Waals surface area contributed by atoms with Gasteiger partial charge in [-0.25, -0.2) is 9.78 Å². The largest absolute Gasteiger partial charge is 0.444 e. The number of carbonyl (C=O) groups excluding carboxylic acids is 2. The molecule has 0 bridgehead atoms. The number of benzene rings is 2. The smallest absolute Gasteiger partial charge is 0.331 e. The maximum Gasteiger partial charge on any atom is 0.331 e. The van der Waals surface area contributed by atoms with Crippen molar-refractivity contribution in [2.45, 2.75) is 6.10 Å². The van der Waals surface area contributed by atoms with E-state index in [9.17, 15) is 9.59 Å². The Morgan fingerprint density at radius 2 is 1.68 bits per heavy atom. The second kappa shape index (κ2) is 7.40. The molecular weight excluding hydrogens is 316 g/mol. The van der Waals surface area contributed by atoms with Crippen molar-refractivity contribution in [1.82, 2.24) is 4.98 Å². The van der Waals surface area contributed by atoms with Crippen LogP contribution in [-0.2, 0) is 14.3 Å². The molecular formula is C20H16N2O3. The Morgan fingerprint density at radius 1 is 0.960 bits per heavy atom. The number of carbonyl (C=O) groups is 2. The van der Waals surface area contributed by atoms with Crippen molar-refractivity contribution in [2.75, 3.05) is 0 Å². The van der Waals surface area contributed by atoms with E-state index in [0.717, 1.165) is 10.9 Å². The van der Waals surface area contributed by atoms with Gasteiger partial charge < -0.3 is 10.5 Å². The Hall–Kier alpha value is -3.47. The van der Waals surface area contributed by atoms with E-state index in [-0.39, 0.29) is 0 Å². The van der Waals surface area contributed by atoms with Gasteiger partial charge in [-0.1, -0.05) is 54.6 Å². The maximum atomic E-state index is 12.0. The van der Waals surface area contributed by atoms with E-state index in [2.05, 4.69) is 4.98 Å². The first-order chi connectivity index (χ1) is 12.1. The molecule has 0 unspecified atom stereocenters. The lowest BCUT2D eigenvalue weighted by Crippen LogP contribution is -2.25. The van der Waals surface area contributed by atoms with Crippen molar-refractivity contribution in [3.63, 3.8) is 0 Å². The quantitative estimate of drug-likeness (QED) is 0.575. The third-order valence-corrected chi connectivity index (χ3v) is 3.60. The van der Waals surface area contributed by atoms with Gasteiger partial charge in [0.15, 0.2) is 0 Å². The molecule has 1 atom stereocenters. The van der Waals surface area contributed by atoms with Crippen LogP contribution in [0.2, 0.25) is 0 Å². The highest BCUT2D eigenvalue weighted by molar-refractivity contribution is 5.90. The minimum absolute atomic E-state index is 0.528. The van der Waals surface area contributed by atoms with Crippen molar-refractivity contribution in [2.24, 2.45) is 5.73 Å². The van der Waals surface area contributed by atoms with E-state index >= 15 is 0 Å². The molecule has 0 aliphatic rings. The number of para-hydroxylation sites is 1. The summed E-state index contributed by atoms with van der Waals surface area (Å²) in [5.41, 5.74) is 7.31. The summed E-state index contributed by atoms with van der Waals surface area (Å²) in [6.45, 7) is 0. The second-order valence-electron chi connectivity index (χ2n) is 5.39. The molecule has 0 spiro atoms. The van der Waals surface area contributed by atoms with Crippen LogP contribution in [0.15, 0.2) is 72.8 Å². The summed E-state index contributed by atoms with van der Waals surface area (Å²) >= 11 is 0. The van der Waals surface area contributed by atoms with Gasteiger partial charge in [0.25, 0.3) is 5.91 Å². The van der Waals surface area contributed by atoms with Crippen LogP contribution < -0.4 is 5.73 Å². The van der Waals surface area contributed by atoms with E-state index in [1.165, 1.54) is 12.2 Å². The lowest BCUT2D eigenvalue weighted by atomic mass is 10.1. The number of aromatic nitrogens is 1. The summed E-state index contributed by atoms with van der Waals surface area (Å²) in [7, 11) is 0. The third-order valence-electron chi connectivity index (χ3n) is 3.60. The molecule has 1 heterocycles. The molecule has 0 aliphatic heterocycles. The average molecular weight is 332 g/mol. The first kappa shape index (κ1) is 16.4. The molecule has 2 N–H and O–H groups in total. The van der Waals surface area contributed by atoms with Gasteiger partial charge in [0.05, 0.1) is 11.2 Å². The molecule has 0 aliphatic carbocycles. The number of nitrogens with zero attached hydrogens (tertiary/aromatic N) is 1. The molecule has 0 saturated carbocycles. The van der Waals surface area contributed by atoms with E-state index in [0.29, 0.717) is 11.3 Å². The average Bonchev–Trinajstić information content (AvgIpc) is 2.64.